The maximum absolute atomic E-state index is 12.3. The Morgan fingerprint density at radius 1 is 1.24 bits per heavy atom. The summed E-state index contributed by atoms with van der Waals surface area (Å²) in [6.45, 7) is 2.20. The number of rotatable bonds is 1. The van der Waals surface area contributed by atoms with Gasteiger partial charge < -0.3 is 4.74 Å². The Morgan fingerprint density at radius 2 is 2.10 bits per heavy atom. The smallest absolute Gasteiger partial charge is 0.139 e. The quantitative estimate of drug-likeness (QED) is 0.777. The number of hydrogen-bond acceptors (Lipinski definition) is 2. The molecule has 0 amide bonds. The summed E-state index contributed by atoms with van der Waals surface area (Å²) in [7, 11) is 1.73. The van der Waals surface area contributed by atoms with Crippen LogP contribution in [-0.4, -0.2) is 12.9 Å². The van der Waals surface area contributed by atoms with Crippen LogP contribution in [0, 0.1) is 17.3 Å². The second kappa shape index (κ2) is 4.46. The number of ether oxygens (including phenoxy) is 1. The largest absolute Gasteiger partial charge is 0.497 e. The number of methoxy groups -OCH3 is 1. The summed E-state index contributed by atoms with van der Waals surface area (Å²) in [5.74, 6) is 2.57. The maximum atomic E-state index is 12.3. The first-order chi connectivity index (χ1) is 10.1. The fourth-order valence-electron chi connectivity index (χ4n) is 4.86. The summed E-state index contributed by atoms with van der Waals surface area (Å²) in [6.07, 6.45) is 7.44. The Labute approximate surface area is 126 Å². The van der Waals surface area contributed by atoms with Gasteiger partial charge in [-0.05, 0) is 66.4 Å². The molecule has 3 aliphatic carbocycles. The SMILES string of the molecule is COc1ccc2c(c1)CCC1C2=CCC2(C)C(=O)CCC12. The summed E-state index contributed by atoms with van der Waals surface area (Å²) >= 11 is 0. The topological polar surface area (TPSA) is 26.3 Å². The molecule has 110 valence electrons. The third kappa shape index (κ3) is 1.74. The monoisotopic (exact) mass is 282 g/mol. The molecule has 3 aliphatic rings. The number of carbonyl (C=O) groups is 1. The number of benzene rings is 1. The van der Waals surface area contributed by atoms with Crippen LogP contribution in [0.5, 0.6) is 5.75 Å². The van der Waals surface area contributed by atoms with Gasteiger partial charge in [0.25, 0.3) is 0 Å². The van der Waals surface area contributed by atoms with E-state index in [1.54, 1.807) is 7.11 Å². The normalized spacial score (nSPS) is 33.8. The van der Waals surface area contributed by atoms with Crippen LogP contribution in [0.15, 0.2) is 24.3 Å². The number of allylic oxidation sites excluding steroid dienone is 2. The van der Waals surface area contributed by atoms with Crippen LogP contribution in [-0.2, 0) is 11.2 Å². The number of ketones is 1. The van der Waals surface area contributed by atoms with E-state index in [-0.39, 0.29) is 5.41 Å². The highest BCUT2D eigenvalue weighted by atomic mass is 16.5. The van der Waals surface area contributed by atoms with Crippen LogP contribution in [0.2, 0.25) is 0 Å². The van der Waals surface area contributed by atoms with Crippen molar-refractivity contribution in [3.05, 3.63) is 35.4 Å². The molecule has 21 heavy (non-hydrogen) atoms. The molecule has 1 fully saturated rings. The number of fused-ring (bicyclic) bond motifs is 5. The van der Waals surface area contributed by atoms with Crippen molar-refractivity contribution in [3.8, 4) is 5.75 Å². The Morgan fingerprint density at radius 3 is 2.90 bits per heavy atom. The predicted molar refractivity (Wildman–Crippen MR) is 83.2 cm³/mol. The van der Waals surface area contributed by atoms with E-state index in [0.717, 1.165) is 31.4 Å². The number of carbonyl (C=O) groups excluding carboxylic acids is 1. The van der Waals surface area contributed by atoms with E-state index in [9.17, 15) is 4.79 Å². The van der Waals surface area contributed by atoms with Crippen molar-refractivity contribution < 1.29 is 9.53 Å². The minimum Gasteiger partial charge on any atom is -0.497 e. The molecule has 0 N–H and O–H groups in total. The third-order valence-corrected chi connectivity index (χ3v) is 6.12. The van der Waals surface area contributed by atoms with Crippen molar-refractivity contribution in [2.75, 3.05) is 7.11 Å². The molecule has 2 nitrogen and oxygen atoms in total. The zero-order valence-corrected chi connectivity index (χ0v) is 12.8. The van der Waals surface area contributed by atoms with Gasteiger partial charge in [-0.3, -0.25) is 4.79 Å². The summed E-state index contributed by atoms with van der Waals surface area (Å²) in [6, 6.07) is 6.46. The van der Waals surface area contributed by atoms with Gasteiger partial charge in [0.15, 0.2) is 0 Å². The Kier molecular flexibility index (Phi) is 2.79. The lowest BCUT2D eigenvalue weighted by molar-refractivity contribution is -0.126. The van der Waals surface area contributed by atoms with Crippen LogP contribution in [0.25, 0.3) is 5.57 Å². The van der Waals surface area contributed by atoms with E-state index in [4.69, 9.17) is 4.74 Å². The molecule has 0 spiro atoms. The molecule has 0 aromatic heterocycles. The van der Waals surface area contributed by atoms with Crippen molar-refractivity contribution >= 4 is 11.4 Å². The van der Waals surface area contributed by atoms with Crippen molar-refractivity contribution in [1.29, 1.82) is 0 Å². The molecule has 0 bridgehead atoms. The number of hydrogen-bond donors (Lipinski definition) is 0. The van der Waals surface area contributed by atoms with Crippen molar-refractivity contribution in [1.82, 2.24) is 0 Å². The van der Waals surface area contributed by atoms with Crippen LogP contribution < -0.4 is 4.74 Å². The summed E-state index contributed by atoms with van der Waals surface area (Å²) in [5.41, 5.74) is 4.22. The Hall–Kier alpha value is -1.57. The number of Topliss-reactive ketones (excluding diaryl/α,β-unsaturated/α-hetero) is 1. The Bertz CT molecular complexity index is 643. The first-order valence-corrected chi connectivity index (χ1v) is 8.04. The van der Waals surface area contributed by atoms with Gasteiger partial charge in [0.2, 0.25) is 0 Å². The molecule has 3 atom stereocenters. The van der Waals surface area contributed by atoms with E-state index in [1.807, 2.05) is 0 Å². The van der Waals surface area contributed by atoms with Gasteiger partial charge in [-0.25, -0.2) is 0 Å². The molecule has 1 aromatic carbocycles. The van der Waals surface area contributed by atoms with Gasteiger partial charge in [0, 0.05) is 11.8 Å². The third-order valence-electron chi connectivity index (χ3n) is 6.12. The zero-order chi connectivity index (χ0) is 14.6. The van der Waals surface area contributed by atoms with Crippen LogP contribution >= 0.6 is 0 Å². The lowest BCUT2D eigenvalue weighted by atomic mass is 9.60. The zero-order valence-electron chi connectivity index (χ0n) is 12.8. The molecule has 0 saturated heterocycles. The summed E-state index contributed by atoms with van der Waals surface area (Å²) in [4.78, 5) is 12.3. The van der Waals surface area contributed by atoms with E-state index < -0.39 is 0 Å². The summed E-state index contributed by atoms with van der Waals surface area (Å²) in [5, 5.41) is 0. The van der Waals surface area contributed by atoms with Gasteiger partial charge >= 0.3 is 0 Å². The van der Waals surface area contributed by atoms with Gasteiger partial charge in [-0.2, -0.15) is 0 Å². The molecule has 3 unspecified atom stereocenters. The molecule has 4 rings (SSSR count). The fourth-order valence-corrected chi connectivity index (χ4v) is 4.86. The highest BCUT2D eigenvalue weighted by molar-refractivity contribution is 5.89. The van der Waals surface area contributed by atoms with E-state index in [0.29, 0.717) is 17.6 Å². The molecule has 0 radical (unpaired) electrons. The van der Waals surface area contributed by atoms with Crippen molar-refractivity contribution in [2.24, 2.45) is 17.3 Å². The second-order valence-electron chi connectivity index (χ2n) is 7.02. The molecular formula is C19H22O2. The predicted octanol–water partition coefficient (Wildman–Crippen LogP) is 4.03. The van der Waals surface area contributed by atoms with Crippen LogP contribution in [0.4, 0.5) is 0 Å². The lowest BCUT2D eigenvalue weighted by Gasteiger charge is -2.43. The minimum absolute atomic E-state index is 0.0852. The van der Waals surface area contributed by atoms with E-state index in [1.165, 1.54) is 23.1 Å². The first-order valence-electron chi connectivity index (χ1n) is 8.04. The van der Waals surface area contributed by atoms with Crippen molar-refractivity contribution in [2.45, 2.75) is 39.0 Å². The molecule has 1 aromatic rings. The molecule has 1 saturated carbocycles. The highest BCUT2D eigenvalue weighted by Crippen LogP contribution is 2.56. The van der Waals surface area contributed by atoms with Gasteiger partial charge in [0.05, 0.1) is 7.11 Å². The minimum atomic E-state index is -0.0852. The average molecular weight is 282 g/mol. The molecule has 0 aliphatic heterocycles. The van der Waals surface area contributed by atoms with Gasteiger partial charge in [-0.15, -0.1) is 0 Å². The standard InChI is InChI=1S/C19H22O2/c1-19-10-9-15-14-6-4-13(21-2)11-12(14)3-5-16(15)17(19)7-8-18(19)20/h4,6,9,11,16-17H,3,5,7-8,10H2,1-2H3. The van der Waals surface area contributed by atoms with Crippen molar-refractivity contribution in [3.63, 3.8) is 0 Å². The second-order valence-corrected chi connectivity index (χ2v) is 7.02. The van der Waals surface area contributed by atoms with Gasteiger partial charge in [0.1, 0.15) is 11.5 Å². The lowest BCUT2D eigenvalue weighted by Crippen LogP contribution is -2.38. The van der Waals surface area contributed by atoms with Crippen LogP contribution in [0.3, 0.4) is 0 Å². The van der Waals surface area contributed by atoms with E-state index >= 15 is 0 Å². The highest BCUT2D eigenvalue weighted by Gasteiger charge is 2.51. The average Bonchev–Trinajstić information content (AvgIpc) is 2.82. The first kappa shape index (κ1) is 13.1. The maximum Gasteiger partial charge on any atom is 0.139 e. The van der Waals surface area contributed by atoms with E-state index in [2.05, 4.69) is 31.2 Å². The number of aryl methyl sites for hydroxylation is 1. The van der Waals surface area contributed by atoms with Gasteiger partial charge in [-0.1, -0.05) is 19.1 Å². The molecule has 2 heteroatoms. The molecular weight excluding hydrogens is 260 g/mol. The fraction of sp³-hybridized carbons (Fsp3) is 0.526. The molecule has 0 heterocycles. The summed E-state index contributed by atoms with van der Waals surface area (Å²) < 4.78 is 5.35. The Balaban J connectivity index is 1.78. The van der Waals surface area contributed by atoms with Crippen LogP contribution in [0.1, 0.15) is 43.7 Å².